The predicted octanol–water partition coefficient (Wildman–Crippen LogP) is 2.09. The highest BCUT2D eigenvalue weighted by Gasteiger charge is 2.42. The third-order valence-corrected chi connectivity index (χ3v) is 13.0. The second kappa shape index (κ2) is 31.9. The molecule has 0 radical (unpaired) electrons. The second-order valence-corrected chi connectivity index (χ2v) is 23.3. The van der Waals surface area contributed by atoms with Crippen LogP contribution in [0.4, 0.5) is 0 Å². The SMILES string of the molecule is CCCCCCCC[C@@H](C(=O)N[C@H](C(=O)NC(C)(C)C(=O)N[C@@H](CC(C)C)C(=O)N[C@@H](CC(C)C)C(=O)NC(C)(C)C(=O)NC(C)(C)C(=O)NCCC(=O)N[C@@H](C)CN(C)C)[C@H](O)C(C)C)N(C=O)[C@H]1CCCN1. The Labute approximate surface area is 442 Å². The van der Waals surface area contributed by atoms with Crippen LogP contribution in [0.3, 0.4) is 0 Å². The summed E-state index contributed by atoms with van der Waals surface area (Å²) < 4.78 is 0. The fourth-order valence-electron chi connectivity index (χ4n) is 8.62. The number of likely N-dealkylation sites (N-methyl/N-ethyl adjacent to an activating group) is 1. The van der Waals surface area contributed by atoms with E-state index in [2.05, 4.69) is 54.8 Å². The van der Waals surface area contributed by atoms with Crippen LogP contribution in [0, 0.1) is 17.8 Å². The molecule has 21 nitrogen and oxygen atoms in total. The molecule has 0 aromatic rings. The summed E-state index contributed by atoms with van der Waals surface area (Å²) in [5, 5.41) is 36.5. The maximum absolute atomic E-state index is 14.2. The van der Waals surface area contributed by atoms with E-state index in [1.54, 1.807) is 13.8 Å². The molecule has 426 valence electrons. The zero-order valence-electron chi connectivity index (χ0n) is 48.0. The lowest BCUT2D eigenvalue weighted by atomic mass is 9.95. The molecule has 7 atom stereocenters. The van der Waals surface area contributed by atoms with Crippen molar-refractivity contribution in [1.29, 1.82) is 0 Å². The third-order valence-electron chi connectivity index (χ3n) is 13.0. The van der Waals surface area contributed by atoms with E-state index in [9.17, 15) is 48.3 Å². The molecule has 1 aliphatic rings. The minimum Gasteiger partial charge on any atom is -0.390 e. The van der Waals surface area contributed by atoms with Crippen molar-refractivity contribution >= 4 is 53.7 Å². The first kappa shape index (κ1) is 67.1. The third kappa shape index (κ3) is 23.8. The van der Waals surface area contributed by atoms with Gasteiger partial charge in [0.1, 0.15) is 40.8 Å². The molecule has 0 saturated carbocycles. The van der Waals surface area contributed by atoms with E-state index in [-0.39, 0.29) is 55.8 Å². The van der Waals surface area contributed by atoms with Gasteiger partial charge in [-0.05, 0) is 119 Å². The van der Waals surface area contributed by atoms with E-state index in [1.165, 1.54) is 46.4 Å². The van der Waals surface area contributed by atoms with Gasteiger partial charge in [-0.3, -0.25) is 48.5 Å². The van der Waals surface area contributed by atoms with Crippen LogP contribution in [-0.4, -0.2) is 161 Å². The Bertz CT molecular complexity index is 1830. The molecule has 0 spiro atoms. The van der Waals surface area contributed by atoms with E-state index in [4.69, 9.17) is 0 Å². The van der Waals surface area contributed by atoms with E-state index in [0.717, 1.165) is 38.5 Å². The lowest BCUT2D eigenvalue weighted by Crippen LogP contribution is -2.66. The number of rotatable bonds is 35. The fraction of sp³-hybridized carbons (Fsp3) is 0.830. The van der Waals surface area contributed by atoms with Crippen LogP contribution in [0.2, 0.25) is 0 Å². The molecule has 0 bridgehead atoms. The van der Waals surface area contributed by atoms with Gasteiger partial charge in [-0.1, -0.05) is 87.0 Å². The number of aliphatic hydroxyl groups excluding tert-OH is 1. The topological polar surface area (TPSA) is 289 Å². The summed E-state index contributed by atoms with van der Waals surface area (Å²) in [5.74, 6) is -5.82. The van der Waals surface area contributed by atoms with Gasteiger partial charge in [0.2, 0.25) is 53.7 Å². The zero-order chi connectivity index (χ0) is 56.7. The highest BCUT2D eigenvalue weighted by atomic mass is 16.3. The van der Waals surface area contributed by atoms with Crippen LogP contribution in [0.5, 0.6) is 0 Å². The highest BCUT2D eigenvalue weighted by Crippen LogP contribution is 2.20. The van der Waals surface area contributed by atoms with Gasteiger partial charge in [0.05, 0.1) is 12.3 Å². The summed E-state index contributed by atoms with van der Waals surface area (Å²) in [6, 6.07) is -4.89. The Morgan fingerprint density at radius 1 is 0.662 bits per heavy atom. The molecule has 1 fully saturated rings. The summed E-state index contributed by atoms with van der Waals surface area (Å²) in [4.78, 5) is 126. The standard InChI is InChI=1S/C53H99N11O10/c1-17-18-19-20-21-22-24-39(64(32-65)40-25-23-27-54-40)46(70)59-42(43(67)35(6)7)47(71)61-52(11,12)49(73)58-37(29-33(2)3)44(68)57-38(30-34(4)5)45(69)60-53(13,14)50(74)62-51(9,10)48(72)55-28-26-41(66)56-36(8)31-63(15)16/h32-40,42-43,54,67H,17-31H2,1-16H3,(H,55,72)(H,56,66)(H,57,68)(H,58,73)(H,59,70)(H,60,69)(H,61,71)(H,62,74)/t36-,37-,38-,39-,40-,42-,43+/m0/s1. The lowest BCUT2D eigenvalue weighted by Gasteiger charge is -2.36. The Balaban J connectivity index is 3.23. The zero-order valence-corrected chi connectivity index (χ0v) is 48.0. The van der Waals surface area contributed by atoms with Gasteiger partial charge in [0.25, 0.3) is 0 Å². The first-order valence-electron chi connectivity index (χ1n) is 27.0. The molecular weight excluding hydrogens is 951 g/mol. The monoisotopic (exact) mass is 1050 g/mol. The number of amides is 9. The minimum absolute atomic E-state index is 0.0293. The summed E-state index contributed by atoms with van der Waals surface area (Å²) in [6.07, 6.45) is 6.82. The molecule has 1 aliphatic heterocycles. The first-order valence-corrected chi connectivity index (χ1v) is 27.0. The maximum atomic E-state index is 14.2. The van der Waals surface area contributed by atoms with Gasteiger partial charge in [-0.2, -0.15) is 0 Å². The number of unbranched alkanes of at least 4 members (excludes halogenated alkanes) is 5. The Hall–Kier alpha value is -4.89. The van der Waals surface area contributed by atoms with Crippen LogP contribution in [0.25, 0.3) is 0 Å². The molecule has 74 heavy (non-hydrogen) atoms. The van der Waals surface area contributed by atoms with Crippen LogP contribution in [0.1, 0.15) is 174 Å². The predicted molar refractivity (Wildman–Crippen MR) is 287 cm³/mol. The smallest absolute Gasteiger partial charge is 0.246 e. The summed E-state index contributed by atoms with van der Waals surface area (Å²) in [5.41, 5.74) is -4.73. The van der Waals surface area contributed by atoms with Gasteiger partial charge in [-0.15, -0.1) is 0 Å². The number of hydrogen-bond acceptors (Lipinski definition) is 12. The number of hydrogen-bond donors (Lipinski definition) is 10. The molecule has 1 heterocycles. The Morgan fingerprint density at radius 3 is 1.73 bits per heavy atom. The number of nitrogens with one attached hydrogen (secondary N) is 9. The molecule has 0 aromatic carbocycles. The quantitative estimate of drug-likeness (QED) is 0.0323. The van der Waals surface area contributed by atoms with E-state index >= 15 is 0 Å². The van der Waals surface area contributed by atoms with E-state index < -0.39 is 94.2 Å². The Kier molecular flexibility index (Phi) is 28.9. The number of nitrogens with zero attached hydrogens (tertiary/aromatic N) is 2. The average molecular weight is 1050 g/mol. The lowest BCUT2D eigenvalue weighted by molar-refractivity contribution is -0.141. The molecule has 10 N–H and O–H groups in total. The van der Waals surface area contributed by atoms with E-state index in [0.29, 0.717) is 38.8 Å². The van der Waals surface area contributed by atoms with Crippen molar-refractivity contribution in [3.05, 3.63) is 0 Å². The summed E-state index contributed by atoms with van der Waals surface area (Å²) >= 11 is 0. The van der Waals surface area contributed by atoms with Crippen molar-refractivity contribution in [2.24, 2.45) is 17.8 Å². The molecule has 1 rings (SSSR count). The fourth-order valence-corrected chi connectivity index (χ4v) is 8.62. The van der Waals surface area contributed by atoms with Crippen molar-refractivity contribution in [2.45, 2.75) is 233 Å². The average Bonchev–Trinajstić information content (AvgIpc) is 3.81. The Morgan fingerprint density at radius 2 is 1.20 bits per heavy atom. The van der Waals surface area contributed by atoms with Gasteiger partial charge in [-0.25, -0.2) is 0 Å². The molecule has 9 amide bonds. The molecule has 0 aromatic heterocycles. The van der Waals surface area contributed by atoms with Gasteiger partial charge < -0.3 is 57.4 Å². The second-order valence-electron chi connectivity index (χ2n) is 23.3. The molecule has 0 unspecified atom stereocenters. The van der Waals surface area contributed by atoms with Crippen molar-refractivity contribution in [1.82, 2.24) is 57.7 Å². The van der Waals surface area contributed by atoms with Crippen molar-refractivity contribution in [3.63, 3.8) is 0 Å². The number of carbonyl (C=O) groups excluding carboxylic acids is 9. The molecular formula is C53H99N11O10. The summed E-state index contributed by atoms with van der Waals surface area (Å²) in [6.45, 7) is 24.9. The van der Waals surface area contributed by atoms with Gasteiger partial charge >= 0.3 is 0 Å². The largest absolute Gasteiger partial charge is 0.390 e. The minimum atomic E-state index is -1.71. The van der Waals surface area contributed by atoms with Gasteiger partial charge in [0.15, 0.2) is 0 Å². The van der Waals surface area contributed by atoms with Crippen LogP contribution in [-0.2, 0) is 43.2 Å². The molecule has 21 heteroatoms. The van der Waals surface area contributed by atoms with Crippen LogP contribution >= 0.6 is 0 Å². The van der Waals surface area contributed by atoms with E-state index in [1.807, 2.05) is 53.6 Å². The normalized spacial score (nSPS) is 16.6. The van der Waals surface area contributed by atoms with Crippen molar-refractivity contribution < 1.29 is 48.3 Å². The molecule has 0 aliphatic carbocycles. The summed E-state index contributed by atoms with van der Waals surface area (Å²) in [7, 11) is 3.79. The van der Waals surface area contributed by atoms with Crippen molar-refractivity contribution in [3.8, 4) is 0 Å². The van der Waals surface area contributed by atoms with Crippen molar-refractivity contribution in [2.75, 3.05) is 33.7 Å². The molecule has 1 saturated heterocycles. The highest BCUT2D eigenvalue weighted by molar-refractivity contribution is 5.99. The van der Waals surface area contributed by atoms with Gasteiger partial charge in [0, 0.05) is 25.6 Å². The first-order chi connectivity index (χ1) is 34.3. The van der Waals surface area contributed by atoms with Crippen LogP contribution in [0.15, 0.2) is 0 Å². The number of carbonyl (C=O) groups is 9. The maximum Gasteiger partial charge on any atom is 0.246 e. The number of aliphatic hydroxyl groups is 1. The van der Waals surface area contributed by atoms with Crippen LogP contribution < -0.4 is 47.9 Å².